The number of rotatable bonds is 4. The zero-order valence-electron chi connectivity index (χ0n) is 17.3. The molecule has 9 nitrogen and oxygen atoms in total. The summed E-state index contributed by atoms with van der Waals surface area (Å²) in [5, 5.41) is 17.7. The molecule has 1 aliphatic heterocycles. The lowest BCUT2D eigenvalue weighted by Gasteiger charge is -2.34. The van der Waals surface area contributed by atoms with E-state index in [0.29, 0.717) is 24.9 Å². The number of hydrogen-bond donors (Lipinski definition) is 3. The highest BCUT2D eigenvalue weighted by Crippen LogP contribution is 2.26. The van der Waals surface area contributed by atoms with E-state index in [-0.39, 0.29) is 22.1 Å². The van der Waals surface area contributed by atoms with Crippen LogP contribution in [0.1, 0.15) is 36.3 Å². The fourth-order valence-electron chi connectivity index (χ4n) is 3.58. The van der Waals surface area contributed by atoms with Crippen molar-refractivity contribution in [2.75, 3.05) is 13.1 Å². The molecule has 3 N–H and O–H groups in total. The maximum atomic E-state index is 12.9. The van der Waals surface area contributed by atoms with Gasteiger partial charge in [0.15, 0.2) is 0 Å². The SMILES string of the molecule is C[C@@H]1C[C@H](C)CN(S(=O)(=O)c2ccc(C(=O)NC(=N)OC(=N)c3ccccn3)cc2)C1. The first kappa shape index (κ1) is 22.6. The fourth-order valence-corrected chi connectivity index (χ4v) is 5.26. The molecule has 1 fully saturated rings. The summed E-state index contributed by atoms with van der Waals surface area (Å²) >= 11 is 0. The Bertz CT molecular complexity index is 1060. The third-order valence-electron chi connectivity index (χ3n) is 4.92. The predicted molar refractivity (Wildman–Crippen MR) is 115 cm³/mol. The second-order valence-electron chi connectivity index (χ2n) is 7.72. The maximum absolute atomic E-state index is 12.9. The van der Waals surface area contributed by atoms with Crippen LogP contribution in [0.2, 0.25) is 0 Å². The number of amidine groups is 1. The smallest absolute Gasteiger partial charge is 0.295 e. The van der Waals surface area contributed by atoms with Crippen molar-refractivity contribution < 1.29 is 17.9 Å². The van der Waals surface area contributed by atoms with Gasteiger partial charge in [0.05, 0.1) is 4.90 Å². The van der Waals surface area contributed by atoms with Gasteiger partial charge in [-0.25, -0.2) is 8.42 Å². The Kier molecular flexibility index (Phi) is 6.81. The highest BCUT2D eigenvalue weighted by atomic mass is 32.2. The normalized spacial score (nSPS) is 19.4. The fraction of sp³-hybridized carbons (Fsp3) is 0.333. The van der Waals surface area contributed by atoms with Crippen molar-refractivity contribution in [3.05, 3.63) is 59.9 Å². The molecule has 0 spiro atoms. The van der Waals surface area contributed by atoms with Crippen LogP contribution >= 0.6 is 0 Å². The second-order valence-corrected chi connectivity index (χ2v) is 9.66. The Labute approximate surface area is 181 Å². The molecule has 0 bridgehead atoms. The van der Waals surface area contributed by atoms with Crippen LogP contribution in [-0.4, -0.2) is 48.6 Å². The van der Waals surface area contributed by atoms with Crippen LogP contribution in [0.5, 0.6) is 0 Å². The van der Waals surface area contributed by atoms with Gasteiger partial charge in [-0.3, -0.25) is 25.9 Å². The van der Waals surface area contributed by atoms with E-state index in [1.54, 1.807) is 18.2 Å². The van der Waals surface area contributed by atoms with Gasteiger partial charge in [-0.05, 0) is 54.7 Å². The average Bonchev–Trinajstić information content (AvgIpc) is 2.73. The van der Waals surface area contributed by atoms with Gasteiger partial charge >= 0.3 is 0 Å². The van der Waals surface area contributed by atoms with E-state index in [4.69, 9.17) is 15.6 Å². The summed E-state index contributed by atoms with van der Waals surface area (Å²) in [6, 6.07) is 9.80. The van der Waals surface area contributed by atoms with Crippen LogP contribution in [0.4, 0.5) is 0 Å². The molecule has 0 aliphatic carbocycles. The van der Waals surface area contributed by atoms with E-state index in [2.05, 4.69) is 10.3 Å². The number of carbonyl (C=O) groups excluding carboxylic acids is 1. The Morgan fingerprint density at radius 3 is 2.32 bits per heavy atom. The van der Waals surface area contributed by atoms with E-state index < -0.39 is 22.0 Å². The number of sulfonamides is 1. The van der Waals surface area contributed by atoms with E-state index in [1.807, 2.05) is 13.8 Å². The second kappa shape index (κ2) is 9.36. The molecule has 2 heterocycles. The highest BCUT2D eigenvalue weighted by molar-refractivity contribution is 7.89. The molecule has 1 aromatic carbocycles. The zero-order chi connectivity index (χ0) is 22.6. The van der Waals surface area contributed by atoms with Crippen molar-refractivity contribution in [3.8, 4) is 0 Å². The lowest BCUT2D eigenvalue weighted by molar-refractivity contribution is 0.0971. The quantitative estimate of drug-likeness (QED) is 0.492. The molecule has 0 unspecified atom stereocenters. The molecule has 1 amide bonds. The van der Waals surface area contributed by atoms with E-state index in [1.165, 1.54) is 34.8 Å². The predicted octanol–water partition coefficient (Wildman–Crippen LogP) is 2.45. The van der Waals surface area contributed by atoms with Crippen molar-refractivity contribution in [1.82, 2.24) is 14.6 Å². The molecule has 10 heteroatoms. The Morgan fingerprint density at radius 1 is 1.10 bits per heavy atom. The molecule has 0 saturated carbocycles. The lowest BCUT2D eigenvalue weighted by atomic mass is 9.94. The first-order chi connectivity index (χ1) is 14.7. The third-order valence-corrected chi connectivity index (χ3v) is 6.76. The van der Waals surface area contributed by atoms with Gasteiger partial charge in [-0.15, -0.1) is 0 Å². The number of piperidine rings is 1. The molecule has 1 saturated heterocycles. The summed E-state index contributed by atoms with van der Waals surface area (Å²) in [7, 11) is -3.64. The Morgan fingerprint density at radius 2 is 1.74 bits per heavy atom. The molecule has 0 radical (unpaired) electrons. The van der Waals surface area contributed by atoms with Gasteiger partial charge in [0.2, 0.25) is 15.9 Å². The van der Waals surface area contributed by atoms with Gasteiger partial charge in [0.1, 0.15) is 5.69 Å². The average molecular weight is 444 g/mol. The summed E-state index contributed by atoms with van der Waals surface area (Å²) in [5.74, 6) is -0.445. The number of aromatic nitrogens is 1. The Balaban J connectivity index is 1.63. The van der Waals surface area contributed by atoms with Crippen molar-refractivity contribution in [3.63, 3.8) is 0 Å². The van der Waals surface area contributed by atoms with Gasteiger partial charge in [-0.2, -0.15) is 4.31 Å². The first-order valence-corrected chi connectivity index (χ1v) is 11.3. The monoisotopic (exact) mass is 443 g/mol. The first-order valence-electron chi connectivity index (χ1n) is 9.84. The number of hydrogen-bond acceptors (Lipinski definition) is 7. The molecule has 1 aliphatic rings. The largest absolute Gasteiger partial charge is 0.405 e. The summed E-state index contributed by atoms with van der Waals surface area (Å²) in [6.07, 6.45) is 2.48. The van der Waals surface area contributed by atoms with Gasteiger partial charge in [-0.1, -0.05) is 19.9 Å². The third kappa shape index (κ3) is 5.53. The van der Waals surface area contributed by atoms with Crippen LogP contribution in [0, 0.1) is 22.7 Å². The maximum Gasteiger partial charge on any atom is 0.295 e. The summed E-state index contributed by atoms with van der Waals surface area (Å²) < 4.78 is 32.3. The van der Waals surface area contributed by atoms with Crippen molar-refractivity contribution in [2.45, 2.75) is 25.2 Å². The van der Waals surface area contributed by atoms with Crippen molar-refractivity contribution in [2.24, 2.45) is 11.8 Å². The summed E-state index contributed by atoms with van der Waals surface area (Å²) in [5.41, 5.74) is 0.384. The number of carbonyl (C=O) groups is 1. The highest BCUT2D eigenvalue weighted by Gasteiger charge is 2.31. The standard InChI is InChI=1S/C21H25N5O4S/c1-14-11-15(2)13-26(12-14)31(28,29)17-8-6-16(7-9-17)20(27)25-21(23)30-19(22)18-5-3-4-10-24-18/h3-10,14-15,22H,11-13H2,1-2H3,(H2,23,25,27)/t14-,15+. The molecule has 2 aromatic rings. The van der Waals surface area contributed by atoms with Gasteiger partial charge in [0.25, 0.3) is 11.9 Å². The van der Waals surface area contributed by atoms with Crippen LogP contribution in [0.3, 0.4) is 0 Å². The van der Waals surface area contributed by atoms with E-state index in [9.17, 15) is 13.2 Å². The minimum Gasteiger partial charge on any atom is -0.405 e. The van der Waals surface area contributed by atoms with Crippen molar-refractivity contribution >= 4 is 27.8 Å². The van der Waals surface area contributed by atoms with E-state index in [0.717, 1.165) is 6.42 Å². The minimum atomic E-state index is -3.64. The van der Waals surface area contributed by atoms with E-state index >= 15 is 0 Å². The lowest BCUT2D eigenvalue weighted by Crippen LogP contribution is -2.42. The molecule has 3 rings (SSSR count). The molecule has 31 heavy (non-hydrogen) atoms. The van der Waals surface area contributed by atoms with Crippen molar-refractivity contribution in [1.29, 1.82) is 10.8 Å². The van der Waals surface area contributed by atoms with Gasteiger partial charge in [0, 0.05) is 24.8 Å². The topological polar surface area (TPSA) is 136 Å². The van der Waals surface area contributed by atoms with Gasteiger partial charge < -0.3 is 4.74 Å². The molecule has 1 aromatic heterocycles. The molecule has 2 atom stereocenters. The number of pyridine rings is 1. The number of ether oxygens (including phenoxy) is 1. The van der Waals surface area contributed by atoms with Crippen LogP contribution < -0.4 is 5.32 Å². The summed E-state index contributed by atoms with van der Waals surface area (Å²) in [6.45, 7) is 5.03. The van der Waals surface area contributed by atoms with Crippen LogP contribution in [0.25, 0.3) is 0 Å². The molecular weight excluding hydrogens is 418 g/mol. The number of amides is 1. The van der Waals surface area contributed by atoms with Crippen LogP contribution in [0.15, 0.2) is 53.6 Å². The number of benzene rings is 1. The molecule has 164 valence electrons. The Hall–Kier alpha value is -3.11. The minimum absolute atomic E-state index is 0.119. The number of nitrogens with one attached hydrogen (secondary N) is 3. The molecular formula is C21H25N5O4S. The zero-order valence-corrected chi connectivity index (χ0v) is 18.1. The summed E-state index contributed by atoms with van der Waals surface area (Å²) in [4.78, 5) is 16.4. The van der Waals surface area contributed by atoms with Crippen LogP contribution in [-0.2, 0) is 14.8 Å². The number of nitrogens with zero attached hydrogens (tertiary/aromatic N) is 2.